The Morgan fingerprint density at radius 2 is 1.68 bits per heavy atom. The third kappa shape index (κ3) is 5.53. The van der Waals surface area contributed by atoms with Gasteiger partial charge in [-0.3, -0.25) is 4.79 Å². The van der Waals surface area contributed by atoms with Crippen molar-refractivity contribution < 1.29 is 14.6 Å². The highest BCUT2D eigenvalue weighted by molar-refractivity contribution is 5.69. The Morgan fingerprint density at radius 1 is 0.968 bits per heavy atom. The van der Waals surface area contributed by atoms with Crippen molar-refractivity contribution in [2.75, 3.05) is 11.4 Å². The second kappa shape index (κ2) is 9.80. The summed E-state index contributed by atoms with van der Waals surface area (Å²) in [6.07, 6.45) is 1.77. The zero-order valence-electron chi connectivity index (χ0n) is 17.9. The fraction of sp³-hybridized carbons (Fsp3) is 0.296. The molecule has 31 heavy (non-hydrogen) atoms. The maximum atomic E-state index is 11.4. The van der Waals surface area contributed by atoms with Gasteiger partial charge in [0, 0.05) is 18.3 Å². The maximum Gasteiger partial charge on any atom is 0.305 e. The van der Waals surface area contributed by atoms with Crippen LogP contribution in [0.4, 0.5) is 5.69 Å². The van der Waals surface area contributed by atoms with Crippen LogP contribution in [0.3, 0.4) is 0 Å². The Hall–Kier alpha value is -3.11. The van der Waals surface area contributed by atoms with Gasteiger partial charge in [0.2, 0.25) is 0 Å². The van der Waals surface area contributed by atoms with Gasteiger partial charge in [0.25, 0.3) is 0 Å². The number of carboxylic acids is 1. The Labute approximate surface area is 184 Å². The minimum atomic E-state index is -0.769. The highest BCUT2D eigenvalue weighted by Crippen LogP contribution is 2.30. The topological polar surface area (TPSA) is 49.8 Å². The zero-order valence-corrected chi connectivity index (χ0v) is 17.9. The second-order valence-corrected chi connectivity index (χ2v) is 8.33. The van der Waals surface area contributed by atoms with Gasteiger partial charge >= 0.3 is 5.97 Å². The van der Waals surface area contributed by atoms with E-state index in [4.69, 9.17) is 4.74 Å². The molecule has 0 aliphatic carbocycles. The maximum absolute atomic E-state index is 11.4. The van der Waals surface area contributed by atoms with E-state index in [0.29, 0.717) is 13.2 Å². The van der Waals surface area contributed by atoms with E-state index < -0.39 is 5.97 Å². The minimum Gasteiger partial charge on any atom is -0.481 e. The van der Waals surface area contributed by atoms with Gasteiger partial charge in [0.15, 0.2) is 0 Å². The predicted octanol–water partition coefficient (Wildman–Crippen LogP) is 5.22. The molecule has 4 nitrogen and oxygen atoms in total. The van der Waals surface area contributed by atoms with Gasteiger partial charge in [0.1, 0.15) is 0 Å². The standard InChI is InChI=1S/C27H29NO3/c1-20-7-5-6-10-23(20)15-21-11-13-24(14-12-21)28-18-26(16-25(28)17-27(29)30)31-19-22-8-3-2-4-9-22/h2-14,25-26H,15-19H2,1H3,(H,29,30)/t25-,26+/m0/s1. The molecule has 1 aliphatic rings. The number of benzene rings is 3. The van der Waals surface area contributed by atoms with Crippen molar-refractivity contribution >= 4 is 11.7 Å². The van der Waals surface area contributed by atoms with Gasteiger partial charge in [-0.05, 0) is 54.2 Å². The quantitative estimate of drug-likeness (QED) is 0.548. The summed E-state index contributed by atoms with van der Waals surface area (Å²) in [5.74, 6) is -0.769. The average Bonchev–Trinajstić information content (AvgIpc) is 3.17. The Balaban J connectivity index is 1.44. The third-order valence-corrected chi connectivity index (χ3v) is 6.04. The lowest BCUT2D eigenvalue weighted by Crippen LogP contribution is -2.31. The number of carboxylic acid groups (broad SMARTS) is 1. The number of aryl methyl sites for hydroxylation is 1. The summed E-state index contributed by atoms with van der Waals surface area (Å²) in [5.41, 5.74) is 6.08. The minimum absolute atomic E-state index is 0.0243. The summed E-state index contributed by atoms with van der Waals surface area (Å²) >= 11 is 0. The highest BCUT2D eigenvalue weighted by Gasteiger charge is 2.34. The number of hydrogen-bond donors (Lipinski definition) is 1. The summed E-state index contributed by atoms with van der Waals surface area (Å²) in [5, 5.41) is 9.40. The molecule has 0 spiro atoms. The van der Waals surface area contributed by atoms with E-state index in [2.05, 4.69) is 72.5 Å². The zero-order chi connectivity index (χ0) is 21.6. The van der Waals surface area contributed by atoms with Crippen molar-refractivity contribution in [2.24, 2.45) is 0 Å². The molecule has 0 aromatic heterocycles. The van der Waals surface area contributed by atoms with Crippen molar-refractivity contribution in [1.82, 2.24) is 0 Å². The smallest absolute Gasteiger partial charge is 0.305 e. The SMILES string of the molecule is Cc1ccccc1Cc1ccc(N2C[C@H](OCc3ccccc3)C[C@H]2CC(=O)O)cc1. The fourth-order valence-corrected chi connectivity index (χ4v) is 4.33. The summed E-state index contributed by atoms with van der Waals surface area (Å²) < 4.78 is 6.13. The van der Waals surface area contributed by atoms with Crippen LogP contribution in [-0.4, -0.2) is 29.8 Å². The van der Waals surface area contributed by atoms with Crippen LogP contribution in [0.15, 0.2) is 78.9 Å². The molecule has 1 saturated heterocycles. The van der Waals surface area contributed by atoms with Crippen LogP contribution < -0.4 is 4.90 Å². The van der Waals surface area contributed by atoms with Crippen LogP contribution in [-0.2, 0) is 22.6 Å². The first-order valence-electron chi connectivity index (χ1n) is 10.9. The van der Waals surface area contributed by atoms with Gasteiger partial charge in [-0.1, -0.05) is 66.7 Å². The Bertz CT molecular complexity index is 1000. The molecule has 0 amide bonds. The van der Waals surface area contributed by atoms with E-state index in [1.165, 1.54) is 16.7 Å². The summed E-state index contributed by atoms with van der Waals surface area (Å²) in [6, 6.07) is 27.0. The molecule has 1 N–H and O–H groups in total. The number of ether oxygens (including phenoxy) is 1. The Kier molecular flexibility index (Phi) is 6.68. The van der Waals surface area contributed by atoms with Crippen LogP contribution in [0, 0.1) is 6.92 Å². The molecular weight excluding hydrogens is 386 g/mol. The molecule has 0 radical (unpaired) electrons. The largest absolute Gasteiger partial charge is 0.481 e. The van der Waals surface area contributed by atoms with Gasteiger partial charge in [0.05, 0.1) is 19.1 Å². The number of aliphatic carboxylic acids is 1. The van der Waals surface area contributed by atoms with Gasteiger partial charge in [-0.15, -0.1) is 0 Å². The van der Waals surface area contributed by atoms with Gasteiger partial charge < -0.3 is 14.7 Å². The van der Waals surface area contributed by atoms with Crippen LogP contribution in [0.1, 0.15) is 35.1 Å². The molecule has 0 bridgehead atoms. The van der Waals surface area contributed by atoms with E-state index in [1.807, 2.05) is 18.2 Å². The van der Waals surface area contributed by atoms with Crippen LogP contribution >= 0.6 is 0 Å². The molecular formula is C27H29NO3. The number of nitrogens with zero attached hydrogens (tertiary/aromatic N) is 1. The monoisotopic (exact) mass is 415 g/mol. The molecule has 1 aliphatic heterocycles. The molecule has 1 fully saturated rings. The second-order valence-electron chi connectivity index (χ2n) is 8.33. The molecule has 0 unspecified atom stereocenters. The normalized spacial score (nSPS) is 18.3. The first kappa shape index (κ1) is 21.1. The number of carbonyl (C=O) groups is 1. The van der Waals surface area contributed by atoms with Gasteiger partial charge in [-0.2, -0.15) is 0 Å². The average molecular weight is 416 g/mol. The molecule has 4 heteroatoms. The molecule has 1 heterocycles. The van der Waals surface area contributed by atoms with E-state index in [9.17, 15) is 9.90 Å². The van der Waals surface area contributed by atoms with Gasteiger partial charge in [-0.25, -0.2) is 0 Å². The number of anilines is 1. The third-order valence-electron chi connectivity index (χ3n) is 6.04. The summed E-state index contributed by atoms with van der Waals surface area (Å²) in [6.45, 7) is 3.40. The van der Waals surface area contributed by atoms with E-state index >= 15 is 0 Å². The lowest BCUT2D eigenvalue weighted by molar-refractivity contribution is -0.137. The van der Waals surface area contributed by atoms with Crippen molar-refractivity contribution in [3.8, 4) is 0 Å². The lowest BCUT2D eigenvalue weighted by atomic mass is 10.0. The van der Waals surface area contributed by atoms with Crippen molar-refractivity contribution in [1.29, 1.82) is 0 Å². The molecule has 160 valence electrons. The van der Waals surface area contributed by atoms with Crippen LogP contribution in [0.2, 0.25) is 0 Å². The molecule has 3 aromatic rings. The Morgan fingerprint density at radius 3 is 2.39 bits per heavy atom. The molecule has 0 saturated carbocycles. The number of rotatable bonds is 8. The first-order chi connectivity index (χ1) is 15.1. The lowest BCUT2D eigenvalue weighted by Gasteiger charge is -2.25. The molecule has 3 aromatic carbocycles. The van der Waals surface area contributed by atoms with Crippen molar-refractivity contribution in [3.05, 3.63) is 101 Å². The van der Waals surface area contributed by atoms with E-state index in [-0.39, 0.29) is 18.6 Å². The predicted molar refractivity (Wildman–Crippen MR) is 123 cm³/mol. The summed E-state index contributed by atoms with van der Waals surface area (Å²) in [7, 11) is 0. The van der Waals surface area contributed by atoms with E-state index in [1.54, 1.807) is 0 Å². The molecule has 4 rings (SSSR count). The summed E-state index contributed by atoms with van der Waals surface area (Å²) in [4.78, 5) is 13.6. The van der Waals surface area contributed by atoms with Crippen molar-refractivity contribution in [2.45, 2.75) is 44.9 Å². The van der Waals surface area contributed by atoms with Crippen molar-refractivity contribution in [3.63, 3.8) is 0 Å². The first-order valence-corrected chi connectivity index (χ1v) is 10.9. The van der Waals surface area contributed by atoms with Crippen LogP contribution in [0.25, 0.3) is 0 Å². The fourth-order valence-electron chi connectivity index (χ4n) is 4.33. The molecule has 2 atom stereocenters. The van der Waals surface area contributed by atoms with Crippen LogP contribution in [0.5, 0.6) is 0 Å². The highest BCUT2D eigenvalue weighted by atomic mass is 16.5. The van der Waals surface area contributed by atoms with E-state index in [0.717, 1.165) is 24.1 Å². The number of hydrogen-bond acceptors (Lipinski definition) is 3.